The number of rotatable bonds is 1. The fourth-order valence-corrected chi connectivity index (χ4v) is 1.86. The van der Waals surface area contributed by atoms with Crippen LogP contribution in [0.2, 0.25) is 0 Å². The van der Waals surface area contributed by atoms with Gasteiger partial charge in [-0.25, -0.2) is 13.7 Å². The molecule has 0 amide bonds. The van der Waals surface area contributed by atoms with E-state index in [0.717, 1.165) is 0 Å². The number of fused-ring (bicyclic) bond motifs is 1. The third-order valence-electron chi connectivity index (χ3n) is 1.93. The van der Waals surface area contributed by atoms with Gasteiger partial charge >= 0.3 is 5.97 Å². The quantitative estimate of drug-likeness (QED) is 0.746. The second-order valence-corrected chi connectivity index (χ2v) is 3.60. The minimum Gasteiger partial charge on any atom is -0.464 e. The van der Waals surface area contributed by atoms with Crippen LogP contribution in [0.25, 0.3) is 5.52 Å². The molecule has 0 aliphatic heterocycles. The summed E-state index contributed by atoms with van der Waals surface area (Å²) < 4.78 is 19.5. The molecule has 2 aromatic rings. The zero-order chi connectivity index (χ0) is 11.0. The van der Waals surface area contributed by atoms with E-state index in [-0.39, 0.29) is 11.2 Å². The highest BCUT2D eigenvalue weighted by molar-refractivity contribution is 9.10. The second-order valence-electron chi connectivity index (χ2n) is 2.80. The Morgan fingerprint density at radius 3 is 3.00 bits per heavy atom. The Morgan fingerprint density at radius 1 is 1.67 bits per heavy atom. The molecule has 0 N–H and O–H groups in total. The van der Waals surface area contributed by atoms with Crippen LogP contribution in [-0.4, -0.2) is 22.7 Å². The molecule has 0 saturated heterocycles. The zero-order valence-electron chi connectivity index (χ0n) is 7.70. The van der Waals surface area contributed by atoms with Gasteiger partial charge in [0.2, 0.25) is 0 Å². The Balaban J connectivity index is 2.75. The van der Waals surface area contributed by atoms with Crippen molar-refractivity contribution in [3.8, 4) is 0 Å². The monoisotopic (exact) mass is 272 g/mol. The molecule has 0 radical (unpaired) electrons. The van der Waals surface area contributed by atoms with Crippen LogP contribution in [0.5, 0.6) is 0 Å². The molecule has 0 aliphatic rings. The molecule has 0 aromatic carbocycles. The number of methoxy groups -OCH3 is 1. The first-order chi connectivity index (χ1) is 7.15. The number of esters is 1. The van der Waals surface area contributed by atoms with Crippen LogP contribution in [0.1, 0.15) is 10.5 Å². The summed E-state index contributed by atoms with van der Waals surface area (Å²) in [4.78, 5) is 11.3. The van der Waals surface area contributed by atoms with Crippen molar-refractivity contribution in [3.05, 3.63) is 34.3 Å². The molecule has 4 nitrogen and oxygen atoms in total. The fourth-order valence-electron chi connectivity index (χ4n) is 1.25. The smallest absolute Gasteiger partial charge is 0.359 e. The zero-order valence-corrected chi connectivity index (χ0v) is 9.28. The third kappa shape index (κ3) is 1.50. The van der Waals surface area contributed by atoms with Crippen LogP contribution in [0, 0.1) is 5.82 Å². The number of hydrogen-bond donors (Lipinski definition) is 0. The molecule has 2 heterocycles. The first-order valence-corrected chi connectivity index (χ1v) is 4.85. The van der Waals surface area contributed by atoms with Gasteiger partial charge in [0, 0.05) is 6.20 Å². The fraction of sp³-hybridized carbons (Fsp3) is 0.111. The summed E-state index contributed by atoms with van der Waals surface area (Å²) in [6.07, 6.45) is 1.55. The van der Waals surface area contributed by atoms with Gasteiger partial charge in [-0.3, -0.25) is 0 Å². The molecule has 0 bridgehead atoms. The molecule has 78 valence electrons. The Labute approximate surface area is 92.8 Å². The van der Waals surface area contributed by atoms with Crippen molar-refractivity contribution >= 4 is 27.4 Å². The van der Waals surface area contributed by atoms with Crippen LogP contribution in [0.3, 0.4) is 0 Å². The van der Waals surface area contributed by atoms with Crippen molar-refractivity contribution in [2.45, 2.75) is 0 Å². The van der Waals surface area contributed by atoms with Gasteiger partial charge in [0.15, 0.2) is 5.69 Å². The average molecular weight is 273 g/mol. The van der Waals surface area contributed by atoms with Gasteiger partial charge < -0.3 is 4.74 Å². The number of carbonyl (C=O) groups is 1. The van der Waals surface area contributed by atoms with E-state index in [1.165, 1.54) is 23.8 Å². The van der Waals surface area contributed by atoms with E-state index in [2.05, 4.69) is 25.8 Å². The van der Waals surface area contributed by atoms with E-state index in [9.17, 15) is 9.18 Å². The number of ether oxygens (including phenoxy) is 1. The summed E-state index contributed by atoms with van der Waals surface area (Å²) in [5.74, 6) is -1.06. The predicted octanol–water partition coefficient (Wildman–Crippen LogP) is 2.02. The maximum absolute atomic E-state index is 13.4. The molecule has 0 aliphatic carbocycles. The Bertz CT molecular complexity index is 538. The lowest BCUT2D eigenvalue weighted by Crippen LogP contribution is -2.02. The number of hydrogen-bond acceptors (Lipinski definition) is 3. The highest BCUT2D eigenvalue weighted by atomic mass is 79.9. The van der Waals surface area contributed by atoms with Crippen molar-refractivity contribution in [1.29, 1.82) is 0 Å². The molecule has 0 atom stereocenters. The van der Waals surface area contributed by atoms with Crippen molar-refractivity contribution in [1.82, 2.24) is 9.61 Å². The lowest BCUT2D eigenvalue weighted by Gasteiger charge is -1.93. The number of nitrogens with zero attached hydrogens (tertiary/aromatic N) is 2. The molecule has 15 heavy (non-hydrogen) atoms. The van der Waals surface area contributed by atoms with Gasteiger partial charge in [0.25, 0.3) is 0 Å². The van der Waals surface area contributed by atoms with Gasteiger partial charge in [-0.15, -0.1) is 0 Å². The summed E-state index contributed by atoms with van der Waals surface area (Å²) in [7, 11) is 1.25. The summed E-state index contributed by atoms with van der Waals surface area (Å²) in [6, 6.07) is 2.80. The molecule has 0 fully saturated rings. The average Bonchev–Trinajstić information content (AvgIpc) is 2.56. The first kappa shape index (κ1) is 10.1. The summed E-state index contributed by atoms with van der Waals surface area (Å²) >= 11 is 3.12. The van der Waals surface area contributed by atoms with E-state index >= 15 is 0 Å². The van der Waals surface area contributed by atoms with Gasteiger partial charge in [0.1, 0.15) is 11.3 Å². The Kier molecular flexibility index (Phi) is 2.44. The molecule has 0 unspecified atom stereocenters. The van der Waals surface area contributed by atoms with Gasteiger partial charge in [-0.2, -0.15) is 5.10 Å². The van der Waals surface area contributed by atoms with Crippen LogP contribution in [0.15, 0.2) is 22.8 Å². The van der Waals surface area contributed by atoms with E-state index in [1.54, 1.807) is 6.20 Å². The second kappa shape index (κ2) is 3.62. The number of aromatic nitrogens is 2. The minimum atomic E-state index is -0.607. The molecule has 2 aromatic heterocycles. The van der Waals surface area contributed by atoms with Crippen LogP contribution in [-0.2, 0) is 4.74 Å². The number of pyridine rings is 1. The van der Waals surface area contributed by atoms with Crippen molar-refractivity contribution in [3.63, 3.8) is 0 Å². The highest BCUT2D eigenvalue weighted by Gasteiger charge is 2.19. The number of carbonyl (C=O) groups excluding carboxylic acids is 1. The number of halogens is 2. The Morgan fingerprint density at radius 2 is 2.40 bits per heavy atom. The van der Waals surface area contributed by atoms with E-state index < -0.39 is 11.8 Å². The Hall–Kier alpha value is -1.43. The summed E-state index contributed by atoms with van der Waals surface area (Å²) in [5.41, 5.74) is 0.278. The molecule has 0 spiro atoms. The predicted molar refractivity (Wildman–Crippen MR) is 54.2 cm³/mol. The van der Waals surface area contributed by atoms with Crippen LogP contribution < -0.4 is 0 Å². The molecule has 6 heteroatoms. The van der Waals surface area contributed by atoms with Crippen LogP contribution >= 0.6 is 15.9 Å². The van der Waals surface area contributed by atoms with Crippen molar-refractivity contribution in [2.75, 3.05) is 7.11 Å². The van der Waals surface area contributed by atoms with E-state index in [1.807, 2.05) is 0 Å². The summed E-state index contributed by atoms with van der Waals surface area (Å²) in [5, 5.41) is 3.90. The first-order valence-electron chi connectivity index (χ1n) is 4.06. The molecule has 0 saturated carbocycles. The third-order valence-corrected chi connectivity index (χ3v) is 2.68. The molecular weight excluding hydrogens is 267 g/mol. The SMILES string of the molecule is COC(=O)c1nn2cccc(F)c2c1Br. The largest absolute Gasteiger partial charge is 0.464 e. The summed E-state index contributed by atoms with van der Waals surface area (Å²) in [6.45, 7) is 0. The topological polar surface area (TPSA) is 43.6 Å². The van der Waals surface area contributed by atoms with Crippen molar-refractivity contribution < 1.29 is 13.9 Å². The van der Waals surface area contributed by atoms with Gasteiger partial charge in [-0.05, 0) is 28.1 Å². The lowest BCUT2D eigenvalue weighted by molar-refractivity contribution is 0.0592. The standard InChI is InChI=1S/C9H6BrFN2O2/c1-15-9(14)7-6(10)8-5(11)3-2-4-13(8)12-7/h2-4H,1H3. The molecular formula is C9H6BrFN2O2. The van der Waals surface area contributed by atoms with E-state index in [4.69, 9.17) is 0 Å². The van der Waals surface area contributed by atoms with Gasteiger partial charge in [0.05, 0.1) is 11.6 Å². The maximum Gasteiger partial charge on any atom is 0.359 e. The lowest BCUT2D eigenvalue weighted by atomic mass is 10.3. The van der Waals surface area contributed by atoms with Crippen molar-refractivity contribution in [2.24, 2.45) is 0 Å². The normalized spacial score (nSPS) is 10.6. The highest BCUT2D eigenvalue weighted by Crippen LogP contribution is 2.24. The maximum atomic E-state index is 13.4. The van der Waals surface area contributed by atoms with E-state index in [0.29, 0.717) is 4.47 Å². The molecule has 2 rings (SSSR count). The minimum absolute atomic E-state index is 0.0580. The van der Waals surface area contributed by atoms with Crippen LogP contribution in [0.4, 0.5) is 4.39 Å². The van der Waals surface area contributed by atoms with Gasteiger partial charge in [-0.1, -0.05) is 0 Å².